The lowest BCUT2D eigenvalue weighted by Gasteiger charge is -2.24. The zero-order valence-electron chi connectivity index (χ0n) is 14.6. The number of rotatable bonds is 3. The van der Waals surface area contributed by atoms with Gasteiger partial charge < -0.3 is 5.11 Å². The quantitative estimate of drug-likeness (QED) is 0.864. The summed E-state index contributed by atoms with van der Waals surface area (Å²) in [6.45, 7) is 3.45. The molecule has 2 aliphatic heterocycles. The number of aryl methyl sites for hydroxylation is 1. The molecule has 1 atom stereocenters. The van der Waals surface area contributed by atoms with E-state index in [-0.39, 0.29) is 5.82 Å². The number of nitrogens with zero attached hydrogens (tertiary/aromatic N) is 2. The van der Waals surface area contributed by atoms with E-state index >= 15 is 0 Å². The predicted octanol–water partition coefficient (Wildman–Crippen LogP) is 3.65. The van der Waals surface area contributed by atoms with Gasteiger partial charge in [0.05, 0.1) is 6.54 Å². The maximum absolute atomic E-state index is 13.3. The summed E-state index contributed by atoms with van der Waals surface area (Å²) in [7, 11) is 0. The van der Waals surface area contributed by atoms with Crippen LogP contribution in [0.1, 0.15) is 37.3 Å². The molecule has 0 radical (unpaired) electrons. The highest BCUT2D eigenvalue weighted by molar-refractivity contribution is 5.96. The van der Waals surface area contributed by atoms with Crippen LogP contribution in [-0.4, -0.2) is 28.6 Å². The summed E-state index contributed by atoms with van der Waals surface area (Å²) in [6.07, 6.45) is 4.17. The molecular weight excluding hydrogens is 315 g/mol. The minimum absolute atomic E-state index is 0.278. The van der Waals surface area contributed by atoms with Crippen molar-refractivity contribution < 1.29 is 14.1 Å². The van der Waals surface area contributed by atoms with Crippen LogP contribution in [0.3, 0.4) is 0 Å². The van der Waals surface area contributed by atoms with Gasteiger partial charge in [-0.1, -0.05) is 19.1 Å². The molecule has 4 rings (SSSR count). The molecule has 0 spiro atoms. The summed E-state index contributed by atoms with van der Waals surface area (Å²) in [4.78, 5) is 2.22. The van der Waals surface area contributed by atoms with Crippen molar-refractivity contribution >= 4 is 11.5 Å². The van der Waals surface area contributed by atoms with E-state index in [0.29, 0.717) is 6.54 Å². The maximum Gasteiger partial charge on any atom is 0.271 e. The van der Waals surface area contributed by atoms with Gasteiger partial charge in [-0.25, -0.2) is 13.9 Å². The summed E-state index contributed by atoms with van der Waals surface area (Å²) < 4.78 is 15.4. The standard InChI is InChI=1S/C21H24FN2O/c1-2-16-6-12-19(13-7-16)23-15-21(25,17-8-10-18(22)11-9-17)24-14-4-3-5-20(23)24/h6-13,25H,2-5,14-15H2,1H3/q+1/t21-/m1/s1. The van der Waals surface area contributed by atoms with Gasteiger partial charge in [0.15, 0.2) is 6.54 Å². The van der Waals surface area contributed by atoms with Crippen molar-refractivity contribution in [3.63, 3.8) is 0 Å². The van der Waals surface area contributed by atoms with Gasteiger partial charge in [0.25, 0.3) is 11.6 Å². The summed E-state index contributed by atoms with van der Waals surface area (Å²) in [5.74, 6) is 0.891. The van der Waals surface area contributed by atoms with Crippen LogP contribution < -0.4 is 4.90 Å². The number of β-amino-alcohol motifs (C(OH)–C–C–N with tert-alkyl or cyclic N) is 1. The first-order valence-corrected chi connectivity index (χ1v) is 9.10. The molecule has 130 valence electrons. The Morgan fingerprint density at radius 1 is 1.08 bits per heavy atom. The van der Waals surface area contributed by atoms with Gasteiger partial charge in [-0.15, -0.1) is 0 Å². The average Bonchev–Trinajstić information content (AvgIpc) is 2.97. The Kier molecular flexibility index (Phi) is 4.08. The molecule has 2 aromatic rings. The van der Waals surface area contributed by atoms with Gasteiger partial charge >= 0.3 is 0 Å². The van der Waals surface area contributed by atoms with Crippen LogP contribution in [0, 0.1) is 5.82 Å². The third-order valence-electron chi connectivity index (χ3n) is 5.44. The third kappa shape index (κ3) is 2.74. The average molecular weight is 339 g/mol. The largest absolute Gasteiger partial charge is 0.346 e. The van der Waals surface area contributed by atoms with Crippen LogP contribution in [0.4, 0.5) is 10.1 Å². The van der Waals surface area contributed by atoms with Crippen molar-refractivity contribution in [2.24, 2.45) is 0 Å². The monoisotopic (exact) mass is 339 g/mol. The fourth-order valence-electron chi connectivity index (χ4n) is 4.01. The molecule has 0 bridgehead atoms. The number of hydrogen-bond acceptors (Lipinski definition) is 2. The van der Waals surface area contributed by atoms with Gasteiger partial charge in [-0.2, -0.15) is 0 Å². The van der Waals surface area contributed by atoms with Crippen molar-refractivity contribution in [2.45, 2.75) is 38.3 Å². The summed E-state index contributed by atoms with van der Waals surface area (Å²) in [5, 5.41) is 11.5. The second-order valence-corrected chi connectivity index (χ2v) is 6.95. The Morgan fingerprint density at radius 3 is 2.48 bits per heavy atom. The first-order chi connectivity index (χ1) is 12.1. The maximum atomic E-state index is 13.3. The fraction of sp³-hybridized carbons (Fsp3) is 0.381. The SMILES string of the molecule is CCc1ccc(N2C[C@@](O)(c3ccc(F)cc3)[N+]3=C2CCCC3)cc1. The Labute approximate surface area is 148 Å². The van der Waals surface area contributed by atoms with Crippen molar-refractivity contribution in [1.29, 1.82) is 0 Å². The van der Waals surface area contributed by atoms with Gasteiger partial charge in [0.1, 0.15) is 11.5 Å². The lowest BCUT2D eigenvalue weighted by atomic mass is 10.0. The molecule has 0 saturated carbocycles. The van der Waals surface area contributed by atoms with Crippen LogP contribution in [0.25, 0.3) is 0 Å². The van der Waals surface area contributed by atoms with Crippen LogP contribution in [-0.2, 0) is 12.1 Å². The minimum atomic E-state index is -1.10. The Morgan fingerprint density at radius 2 is 1.80 bits per heavy atom. The van der Waals surface area contributed by atoms with Gasteiger partial charge in [0.2, 0.25) is 0 Å². The van der Waals surface area contributed by atoms with Crippen LogP contribution >= 0.6 is 0 Å². The zero-order valence-corrected chi connectivity index (χ0v) is 14.6. The third-order valence-corrected chi connectivity index (χ3v) is 5.44. The molecule has 0 amide bonds. The first kappa shape index (κ1) is 16.3. The van der Waals surface area contributed by atoms with Crippen LogP contribution in [0.2, 0.25) is 0 Å². The number of aliphatic hydroxyl groups is 1. The molecule has 25 heavy (non-hydrogen) atoms. The number of hydrogen-bond donors (Lipinski definition) is 1. The van der Waals surface area contributed by atoms with E-state index in [2.05, 4.69) is 40.7 Å². The Balaban J connectivity index is 1.75. The van der Waals surface area contributed by atoms with Crippen molar-refractivity contribution in [1.82, 2.24) is 0 Å². The van der Waals surface area contributed by atoms with Crippen LogP contribution in [0.15, 0.2) is 48.5 Å². The summed E-state index contributed by atoms with van der Waals surface area (Å²) in [5.41, 5.74) is 2.06. The highest BCUT2D eigenvalue weighted by atomic mass is 19.1. The first-order valence-electron chi connectivity index (χ1n) is 9.10. The molecule has 1 N–H and O–H groups in total. The number of halogens is 1. The Bertz CT molecular complexity index is 798. The van der Waals surface area contributed by atoms with Crippen molar-refractivity contribution in [3.05, 3.63) is 65.5 Å². The second kappa shape index (κ2) is 6.26. The molecule has 2 aromatic carbocycles. The molecular formula is C21H24FN2O+. The molecule has 0 saturated heterocycles. The van der Waals surface area contributed by atoms with Gasteiger partial charge in [-0.05, 0) is 61.2 Å². The molecule has 0 aromatic heterocycles. The molecule has 0 aliphatic carbocycles. The number of anilines is 1. The molecule has 3 nitrogen and oxygen atoms in total. The highest BCUT2D eigenvalue weighted by Gasteiger charge is 2.52. The van der Waals surface area contributed by atoms with Gasteiger partial charge in [-0.3, -0.25) is 0 Å². The van der Waals surface area contributed by atoms with E-state index in [1.165, 1.54) is 23.5 Å². The van der Waals surface area contributed by atoms with Crippen LogP contribution in [0.5, 0.6) is 0 Å². The van der Waals surface area contributed by atoms with Crippen molar-refractivity contribution in [3.8, 4) is 0 Å². The van der Waals surface area contributed by atoms with E-state index in [1.54, 1.807) is 12.1 Å². The lowest BCUT2D eigenvalue weighted by Crippen LogP contribution is -2.41. The smallest absolute Gasteiger partial charge is 0.271 e. The molecule has 2 aliphatic rings. The molecule has 0 unspecified atom stereocenters. The fourth-order valence-corrected chi connectivity index (χ4v) is 4.01. The second-order valence-electron chi connectivity index (χ2n) is 6.95. The topological polar surface area (TPSA) is 26.5 Å². The highest BCUT2D eigenvalue weighted by Crippen LogP contribution is 2.35. The van der Waals surface area contributed by atoms with Crippen molar-refractivity contribution in [2.75, 3.05) is 18.0 Å². The van der Waals surface area contributed by atoms with E-state index in [4.69, 9.17) is 0 Å². The lowest BCUT2D eigenvalue weighted by molar-refractivity contribution is -0.661. The zero-order chi connectivity index (χ0) is 17.4. The van der Waals surface area contributed by atoms with E-state index in [9.17, 15) is 9.50 Å². The summed E-state index contributed by atoms with van der Waals surface area (Å²) >= 11 is 0. The predicted molar refractivity (Wildman–Crippen MR) is 97.4 cm³/mol. The molecule has 4 heteroatoms. The Hall–Kier alpha value is -2.20. The molecule has 2 heterocycles. The van der Waals surface area contributed by atoms with E-state index in [1.807, 2.05) is 0 Å². The van der Waals surface area contributed by atoms with Gasteiger partial charge in [0, 0.05) is 12.0 Å². The molecule has 0 fully saturated rings. The normalized spacial score (nSPS) is 23.1. The minimum Gasteiger partial charge on any atom is -0.346 e. The van der Waals surface area contributed by atoms with E-state index < -0.39 is 5.72 Å². The van der Waals surface area contributed by atoms with E-state index in [0.717, 1.165) is 43.5 Å². The number of amidine groups is 1. The number of benzene rings is 2. The summed E-state index contributed by atoms with van der Waals surface area (Å²) in [6, 6.07) is 14.8.